The van der Waals surface area contributed by atoms with E-state index < -0.39 is 6.04 Å². The molecule has 1 heterocycles. The number of carbonyl (C=O) groups is 1. The molecule has 0 aliphatic carbocycles. The number of ether oxygens (including phenoxy) is 1. The van der Waals surface area contributed by atoms with Gasteiger partial charge in [0.05, 0.1) is 23.8 Å². The lowest BCUT2D eigenvalue weighted by molar-refractivity contribution is -0.116. The van der Waals surface area contributed by atoms with Gasteiger partial charge >= 0.3 is 5.69 Å². The number of fused-ring (bicyclic) bond motifs is 1. The van der Waals surface area contributed by atoms with Crippen LogP contribution < -0.4 is 21.1 Å². The molecule has 0 aliphatic heterocycles. The minimum atomic E-state index is -0.470. The van der Waals surface area contributed by atoms with Gasteiger partial charge in [-0.05, 0) is 37.3 Å². The topological polar surface area (TPSA) is 99.0 Å². The monoisotopic (exact) mass is 326 g/mol. The van der Waals surface area contributed by atoms with Crippen LogP contribution in [0, 0.1) is 0 Å². The molecule has 0 bridgehead atoms. The SMILES string of the molecule is COc1ccccc1N[C@H](C)C(=O)Nc1ccc2[nH]c(=O)[nH]c2c1. The van der Waals surface area contributed by atoms with E-state index in [2.05, 4.69) is 20.6 Å². The van der Waals surface area contributed by atoms with E-state index in [1.807, 2.05) is 24.3 Å². The molecule has 0 spiro atoms. The molecular weight excluding hydrogens is 308 g/mol. The van der Waals surface area contributed by atoms with E-state index in [-0.39, 0.29) is 11.6 Å². The summed E-state index contributed by atoms with van der Waals surface area (Å²) < 4.78 is 5.26. The lowest BCUT2D eigenvalue weighted by atomic mass is 10.2. The summed E-state index contributed by atoms with van der Waals surface area (Å²) in [6, 6.07) is 12.1. The molecule has 0 radical (unpaired) electrons. The number of amides is 1. The summed E-state index contributed by atoms with van der Waals surface area (Å²) in [4.78, 5) is 29.0. The lowest BCUT2D eigenvalue weighted by Gasteiger charge is -2.17. The summed E-state index contributed by atoms with van der Waals surface area (Å²) in [5, 5.41) is 5.94. The average molecular weight is 326 g/mol. The number of benzene rings is 2. The van der Waals surface area contributed by atoms with E-state index in [4.69, 9.17) is 4.74 Å². The quantitative estimate of drug-likeness (QED) is 0.578. The molecule has 1 atom stereocenters. The van der Waals surface area contributed by atoms with Gasteiger partial charge < -0.3 is 25.3 Å². The summed E-state index contributed by atoms with van der Waals surface area (Å²) in [5.41, 5.74) is 2.41. The van der Waals surface area contributed by atoms with Gasteiger partial charge in [-0.1, -0.05) is 12.1 Å². The summed E-state index contributed by atoms with van der Waals surface area (Å²) >= 11 is 0. The minimum absolute atomic E-state index is 0.196. The third kappa shape index (κ3) is 3.24. The zero-order chi connectivity index (χ0) is 17.1. The first-order chi connectivity index (χ1) is 11.6. The summed E-state index contributed by atoms with van der Waals surface area (Å²) in [7, 11) is 1.58. The maximum atomic E-state index is 12.4. The zero-order valence-electron chi connectivity index (χ0n) is 13.3. The third-order valence-corrected chi connectivity index (χ3v) is 3.66. The van der Waals surface area contributed by atoms with Gasteiger partial charge in [0.1, 0.15) is 11.8 Å². The zero-order valence-corrected chi connectivity index (χ0v) is 13.3. The number of nitrogens with one attached hydrogen (secondary N) is 4. The van der Waals surface area contributed by atoms with Gasteiger partial charge in [-0.3, -0.25) is 4.79 Å². The molecule has 0 aliphatic rings. The van der Waals surface area contributed by atoms with Crippen LogP contribution in [0.4, 0.5) is 11.4 Å². The lowest BCUT2D eigenvalue weighted by Crippen LogP contribution is -2.32. The largest absolute Gasteiger partial charge is 0.495 e. The Kier molecular flexibility index (Phi) is 4.24. The Labute approximate surface area is 138 Å². The van der Waals surface area contributed by atoms with Crippen LogP contribution in [0.1, 0.15) is 6.92 Å². The molecule has 4 N–H and O–H groups in total. The molecule has 3 aromatic rings. The highest BCUT2D eigenvalue weighted by atomic mass is 16.5. The Morgan fingerprint density at radius 2 is 1.88 bits per heavy atom. The summed E-state index contributed by atoms with van der Waals surface area (Å²) in [6.45, 7) is 1.76. The first kappa shape index (κ1) is 15.7. The van der Waals surface area contributed by atoms with Crippen molar-refractivity contribution < 1.29 is 9.53 Å². The highest BCUT2D eigenvalue weighted by Gasteiger charge is 2.15. The maximum absolute atomic E-state index is 12.4. The highest BCUT2D eigenvalue weighted by Crippen LogP contribution is 2.24. The number of carbonyl (C=O) groups excluding carboxylic acids is 1. The van der Waals surface area contributed by atoms with E-state index in [0.717, 1.165) is 5.69 Å². The van der Waals surface area contributed by atoms with Crippen molar-refractivity contribution in [2.45, 2.75) is 13.0 Å². The highest BCUT2D eigenvalue weighted by molar-refractivity contribution is 5.97. The Morgan fingerprint density at radius 1 is 1.12 bits per heavy atom. The predicted molar refractivity (Wildman–Crippen MR) is 93.6 cm³/mol. The van der Waals surface area contributed by atoms with Crippen molar-refractivity contribution in [3.8, 4) is 5.75 Å². The molecule has 2 aromatic carbocycles. The average Bonchev–Trinajstić information content (AvgIpc) is 2.94. The van der Waals surface area contributed by atoms with E-state index in [1.54, 1.807) is 32.2 Å². The fourth-order valence-electron chi connectivity index (χ4n) is 2.42. The second-order valence-electron chi connectivity index (χ2n) is 5.40. The van der Waals surface area contributed by atoms with Crippen molar-refractivity contribution in [2.75, 3.05) is 17.7 Å². The van der Waals surface area contributed by atoms with Crippen LogP contribution in [0.3, 0.4) is 0 Å². The Balaban J connectivity index is 1.71. The molecule has 3 rings (SSSR count). The smallest absolute Gasteiger partial charge is 0.323 e. The number of methoxy groups -OCH3 is 1. The first-order valence-electron chi connectivity index (χ1n) is 7.49. The molecule has 7 nitrogen and oxygen atoms in total. The fourth-order valence-corrected chi connectivity index (χ4v) is 2.42. The normalized spacial score (nSPS) is 11.9. The maximum Gasteiger partial charge on any atom is 0.323 e. The minimum Gasteiger partial charge on any atom is -0.495 e. The van der Waals surface area contributed by atoms with Crippen molar-refractivity contribution in [2.24, 2.45) is 0 Å². The first-order valence-corrected chi connectivity index (χ1v) is 7.49. The van der Waals surface area contributed by atoms with Crippen molar-refractivity contribution in [1.29, 1.82) is 0 Å². The van der Waals surface area contributed by atoms with Crippen LogP contribution >= 0.6 is 0 Å². The fraction of sp³-hybridized carbons (Fsp3) is 0.176. The number of hydrogen-bond donors (Lipinski definition) is 4. The molecular formula is C17H18N4O3. The molecule has 1 amide bonds. The van der Waals surface area contributed by atoms with Crippen LogP contribution in [0.15, 0.2) is 47.3 Å². The number of anilines is 2. The molecule has 0 unspecified atom stereocenters. The van der Waals surface area contributed by atoms with Crippen LogP contribution in [0.5, 0.6) is 5.75 Å². The van der Waals surface area contributed by atoms with Gasteiger partial charge in [-0.15, -0.1) is 0 Å². The molecule has 7 heteroatoms. The van der Waals surface area contributed by atoms with Gasteiger partial charge in [0.25, 0.3) is 0 Å². The van der Waals surface area contributed by atoms with Crippen LogP contribution in [-0.4, -0.2) is 29.0 Å². The van der Waals surface area contributed by atoms with Crippen LogP contribution in [0.2, 0.25) is 0 Å². The van der Waals surface area contributed by atoms with Crippen molar-refractivity contribution in [1.82, 2.24) is 9.97 Å². The second kappa shape index (κ2) is 6.49. The number of imidazole rings is 1. The molecule has 0 saturated carbocycles. The number of hydrogen-bond acceptors (Lipinski definition) is 4. The van der Waals surface area contributed by atoms with Gasteiger partial charge in [-0.2, -0.15) is 0 Å². The van der Waals surface area contributed by atoms with Gasteiger partial charge in [0, 0.05) is 5.69 Å². The van der Waals surface area contributed by atoms with E-state index in [1.165, 1.54) is 0 Å². The molecule has 24 heavy (non-hydrogen) atoms. The number of aromatic amines is 2. The summed E-state index contributed by atoms with van der Waals surface area (Å²) in [6.07, 6.45) is 0. The van der Waals surface area contributed by atoms with Crippen molar-refractivity contribution >= 4 is 28.3 Å². The third-order valence-electron chi connectivity index (χ3n) is 3.66. The molecule has 124 valence electrons. The van der Waals surface area contributed by atoms with Gasteiger partial charge in [0.2, 0.25) is 5.91 Å². The van der Waals surface area contributed by atoms with Crippen LogP contribution in [-0.2, 0) is 4.79 Å². The number of rotatable bonds is 5. The summed E-state index contributed by atoms with van der Waals surface area (Å²) in [5.74, 6) is 0.474. The van der Waals surface area contributed by atoms with E-state index >= 15 is 0 Å². The Morgan fingerprint density at radius 3 is 2.67 bits per heavy atom. The Bertz CT molecular complexity index is 929. The van der Waals surface area contributed by atoms with E-state index in [9.17, 15) is 9.59 Å². The molecule has 0 fully saturated rings. The molecule has 0 saturated heterocycles. The standard InChI is InChI=1S/C17H18N4O3/c1-10(18-13-5-3-4-6-15(13)24-2)16(22)19-11-7-8-12-14(9-11)21-17(23)20-12/h3-10,18H,1-2H3,(H,19,22)(H2,20,21,23)/t10-/m1/s1. The van der Waals surface area contributed by atoms with E-state index in [0.29, 0.717) is 22.5 Å². The van der Waals surface area contributed by atoms with Gasteiger partial charge in [-0.25, -0.2) is 4.79 Å². The molecule has 1 aromatic heterocycles. The Hall–Kier alpha value is -3.22. The second-order valence-corrected chi connectivity index (χ2v) is 5.40. The van der Waals surface area contributed by atoms with Crippen LogP contribution in [0.25, 0.3) is 11.0 Å². The van der Waals surface area contributed by atoms with Gasteiger partial charge in [0.15, 0.2) is 0 Å². The van der Waals surface area contributed by atoms with Crippen molar-refractivity contribution in [3.05, 3.63) is 52.9 Å². The number of H-pyrrole nitrogens is 2. The van der Waals surface area contributed by atoms with Crippen molar-refractivity contribution in [3.63, 3.8) is 0 Å². The predicted octanol–water partition coefficient (Wildman–Crippen LogP) is 2.30. The number of aromatic nitrogens is 2. The number of para-hydroxylation sites is 2.